The fraction of sp³-hybridized carbons (Fsp3) is 1.00. The second-order valence-electron chi connectivity index (χ2n) is 15.4. The fourth-order valence-corrected chi connectivity index (χ4v) is 15.3. The van der Waals surface area contributed by atoms with Crippen molar-refractivity contribution >= 4 is 8.58 Å². The van der Waals surface area contributed by atoms with Crippen LogP contribution in [0.3, 0.4) is 0 Å². The number of fused-ring (bicyclic) bond motifs is 6. The molecule has 14 atom stereocenters. The largest absolute Gasteiger partial charge is 0.396 e. The van der Waals surface area contributed by atoms with Crippen LogP contribution in [0.5, 0.6) is 0 Å². The Labute approximate surface area is 204 Å². The molecule has 2 N–H and O–H groups in total. The highest BCUT2D eigenvalue weighted by molar-refractivity contribution is 7.52. The van der Waals surface area contributed by atoms with Crippen molar-refractivity contribution in [2.24, 2.45) is 57.2 Å². The molecule has 0 amide bonds. The minimum Gasteiger partial charge on any atom is -0.396 e. The van der Waals surface area contributed by atoms with Gasteiger partial charge >= 0.3 is 0 Å². The fourth-order valence-electron chi connectivity index (χ4n) is 12.8. The zero-order valence-electron chi connectivity index (χ0n) is 21.9. The van der Waals surface area contributed by atoms with Gasteiger partial charge in [-0.1, -0.05) is 34.6 Å². The van der Waals surface area contributed by atoms with Crippen LogP contribution in [0.4, 0.5) is 0 Å². The second kappa shape index (κ2) is 6.42. The highest BCUT2D eigenvalue weighted by atomic mass is 31.1. The summed E-state index contributed by atoms with van der Waals surface area (Å²) in [6, 6.07) is 0. The van der Waals surface area contributed by atoms with Gasteiger partial charge in [0, 0.05) is 16.9 Å². The third kappa shape index (κ3) is 2.32. The predicted molar refractivity (Wildman–Crippen MR) is 137 cm³/mol. The van der Waals surface area contributed by atoms with Gasteiger partial charge in [0.1, 0.15) is 0 Å². The lowest BCUT2D eigenvalue weighted by Crippen LogP contribution is -2.67. The lowest BCUT2D eigenvalue weighted by Gasteiger charge is -2.72. The monoisotopic (exact) mass is 472 g/mol. The Morgan fingerprint density at radius 2 is 1.52 bits per heavy atom. The molecule has 0 radical (unpaired) electrons. The third-order valence-corrected chi connectivity index (χ3v) is 17.9. The summed E-state index contributed by atoms with van der Waals surface area (Å²) < 4.78 is 0. The number of hydrogen-bond acceptors (Lipinski definition) is 2. The van der Waals surface area contributed by atoms with E-state index in [0.29, 0.717) is 28.0 Å². The SMILES string of the molecule is CC1CC1[C@@H]1CC[C@]2(CO)CC[C@]3(C)[C@H](CC[C@@H]4[C@@]5(C)CC[C@H](O)[C@@]6(C)P[C@@]56CC[C@]43C)[C@@H]12. The van der Waals surface area contributed by atoms with Crippen LogP contribution >= 0.6 is 8.58 Å². The molecule has 0 aromatic carbocycles. The van der Waals surface area contributed by atoms with Crippen LogP contribution in [0.1, 0.15) is 105 Å². The molecule has 1 aliphatic heterocycles. The molecular formula is C30H49O2P. The second-order valence-corrected chi connectivity index (χ2v) is 17.5. The number of rotatable bonds is 2. The Kier molecular flexibility index (Phi) is 4.39. The minimum atomic E-state index is -0.0557. The Balaban J connectivity index is 1.28. The van der Waals surface area contributed by atoms with Crippen LogP contribution in [0.25, 0.3) is 0 Å². The smallest absolute Gasteiger partial charge is 0.0639 e. The molecule has 33 heavy (non-hydrogen) atoms. The Morgan fingerprint density at radius 3 is 2.21 bits per heavy atom. The molecule has 186 valence electrons. The molecule has 6 saturated carbocycles. The maximum absolute atomic E-state index is 11.0. The van der Waals surface area contributed by atoms with Crippen LogP contribution in [0, 0.1) is 57.2 Å². The molecule has 0 aromatic rings. The summed E-state index contributed by atoms with van der Waals surface area (Å²) in [6.45, 7) is 13.5. The maximum atomic E-state index is 11.0. The first-order valence-electron chi connectivity index (χ1n) is 14.6. The highest BCUT2D eigenvalue weighted by Gasteiger charge is 2.82. The van der Waals surface area contributed by atoms with Crippen LogP contribution in [-0.2, 0) is 0 Å². The Morgan fingerprint density at radius 1 is 0.788 bits per heavy atom. The quantitative estimate of drug-likeness (QED) is 0.443. The molecule has 0 aromatic heterocycles. The van der Waals surface area contributed by atoms with Gasteiger partial charge in [-0.15, -0.1) is 8.58 Å². The Hall–Kier alpha value is 0.350. The molecule has 7 aliphatic rings. The van der Waals surface area contributed by atoms with E-state index in [1.165, 1.54) is 64.2 Å². The molecule has 2 nitrogen and oxygen atoms in total. The zero-order chi connectivity index (χ0) is 23.2. The van der Waals surface area contributed by atoms with E-state index in [1.54, 1.807) is 0 Å². The highest BCUT2D eigenvalue weighted by Crippen LogP contribution is 2.89. The molecule has 6 aliphatic carbocycles. The predicted octanol–water partition coefficient (Wildman–Crippen LogP) is 6.62. The molecule has 7 fully saturated rings. The summed E-state index contributed by atoms with van der Waals surface area (Å²) in [5.41, 5.74) is 1.52. The van der Waals surface area contributed by atoms with E-state index in [2.05, 4.69) is 34.6 Å². The van der Waals surface area contributed by atoms with E-state index in [1.807, 2.05) is 0 Å². The first-order chi connectivity index (χ1) is 15.5. The van der Waals surface area contributed by atoms with Gasteiger partial charge in [0.15, 0.2) is 0 Å². The van der Waals surface area contributed by atoms with E-state index in [9.17, 15) is 10.2 Å². The summed E-state index contributed by atoms with van der Waals surface area (Å²) in [7, 11) is 0.983. The molecule has 1 saturated heterocycles. The van der Waals surface area contributed by atoms with E-state index >= 15 is 0 Å². The van der Waals surface area contributed by atoms with Crippen molar-refractivity contribution in [3.8, 4) is 0 Å². The summed E-state index contributed by atoms with van der Waals surface area (Å²) in [5.74, 6) is 5.19. The van der Waals surface area contributed by atoms with Crippen LogP contribution in [0.15, 0.2) is 0 Å². The molecule has 1 spiro atoms. The van der Waals surface area contributed by atoms with Crippen molar-refractivity contribution in [1.82, 2.24) is 0 Å². The minimum absolute atomic E-state index is 0.0557. The molecule has 3 heteroatoms. The molecule has 0 bridgehead atoms. The zero-order valence-corrected chi connectivity index (χ0v) is 22.9. The van der Waals surface area contributed by atoms with Gasteiger partial charge in [0.25, 0.3) is 0 Å². The van der Waals surface area contributed by atoms with Gasteiger partial charge in [-0.25, -0.2) is 0 Å². The van der Waals surface area contributed by atoms with Crippen molar-refractivity contribution < 1.29 is 10.2 Å². The van der Waals surface area contributed by atoms with Crippen molar-refractivity contribution in [2.75, 3.05) is 6.61 Å². The average Bonchev–Trinajstić information content (AvgIpc) is 3.62. The van der Waals surface area contributed by atoms with Crippen molar-refractivity contribution in [3.05, 3.63) is 0 Å². The standard InChI is InChI=1S/C30H49O2P/c1-18-16-20(18)19-8-11-29(17-31)14-12-25(2)21(24(19)29)6-7-22-26(25,3)13-15-30-27(22,4)10-9-23(32)28(30,5)33-30/h18-24,31-33H,6-17H2,1-5H3/t18?,19-,20?,21+,22-,23-,24+,25+,26+,27+,28+,29+,30-/m0/s1. The molecule has 7 rings (SSSR count). The summed E-state index contributed by atoms with van der Waals surface area (Å²) in [4.78, 5) is 0. The van der Waals surface area contributed by atoms with E-state index in [0.717, 1.165) is 50.5 Å². The summed E-state index contributed by atoms with van der Waals surface area (Å²) >= 11 is 0. The number of hydrogen-bond donors (Lipinski definition) is 2. The number of aliphatic hydroxyl groups is 2. The van der Waals surface area contributed by atoms with Gasteiger partial charge < -0.3 is 10.2 Å². The van der Waals surface area contributed by atoms with Crippen LogP contribution in [0.2, 0.25) is 0 Å². The lowest BCUT2D eigenvalue weighted by atomic mass is 9.33. The third-order valence-electron chi connectivity index (χ3n) is 15.1. The lowest BCUT2D eigenvalue weighted by molar-refractivity contribution is -0.224. The van der Waals surface area contributed by atoms with Gasteiger partial charge in [-0.05, 0) is 128 Å². The van der Waals surface area contributed by atoms with Gasteiger partial charge in [-0.3, -0.25) is 0 Å². The van der Waals surface area contributed by atoms with Crippen molar-refractivity contribution in [2.45, 2.75) is 122 Å². The average molecular weight is 473 g/mol. The van der Waals surface area contributed by atoms with Crippen molar-refractivity contribution in [3.63, 3.8) is 0 Å². The van der Waals surface area contributed by atoms with E-state index in [-0.39, 0.29) is 16.7 Å². The molecule has 3 unspecified atom stereocenters. The topological polar surface area (TPSA) is 40.5 Å². The first kappa shape index (κ1) is 22.5. The summed E-state index contributed by atoms with van der Waals surface area (Å²) in [6.07, 6.45) is 14.6. The van der Waals surface area contributed by atoms with Crippen molar-refractivity contribution in [1.29, 1.82) is 0 Å². The van der Waals surface area contributed by atoms with Crippen LogP contribution < -0.4 is 0 Å². The first-order valence-corrected chi connectivity index (χ1v) is 15.6. The normalized spacial score (nSPS) is 68.3. The van der Waals surface area contributed by atoms with E-state index < -0.39 is 0 Å². The summed E-state index contributed by atoms with van der Waals surface area (Å²) in [5, 5.41) is 22.4. The maximum Gasteiger partial charge on any atom is 0.0639 e. The van der Waals surface area contributed by atoms with Gasteiger partial charge in [0.05, 0.1) is 6.10 Å². The Bertz CT molecular complexity index is 875. The molecular weight excluding hydrogens is 423 g/mol. The van der Waals surface area contributed by atoms with Gasteiger partial charge in [0.2, 0.25) is 0 Å². The molecule has 1 heterocycles. The van der Waals surface area contributed by atoms with Crippen LogP contribution in [-0.4, -0.2) is 33.2 Å². The number of aliphatic hydroxyl groups excluding tert-OH is 2. The van der Waals surface area contributed by atoms with E-state index in [4.69, 9.17) is 0 Å². The van der Waals surface area contributed by atoms with Gasteiger partial charge in [-0.2, -0.15) is 0 Å².